The number of carbonyl (C=O) groups is 2. The highest BCUT2D eigenvalue weighted by Gasteiger charge is 2.45. The normalized spacial score (nSPS) is 18.1. The number of aliphatic hydroxyl groups is 1. The number of aromatic nitrogens is 6. The molecule has 4 aliphatic rings. The summed E-state index contributed by atoms with van der Waals surface area (Å²) in [6, 6.07) is 10.9. The van der Waals surface area contributed by atoms with Crippen LogP contribution < -0.4 is 25.5 Å². The minimum absolute atomic E-state index is 0.0687. The molecule has 0 saturated carbocycles. The second kappa shape index (κ2) is 14.8. The average molecular weight is 896 g/mol. The number of hydrogen-bond acceptors (Lipinski definition) is 14. The molecule has 1 atom stereocenters. The Morgan fingerprint density at radius 2 is 1.85 bits per heavy atom. The zero-order valence-corrected chi connectivity index (χ0v) is 35.1. The van der Waals surface area contributed by atoms with Crippen LogP contribution >= 0.6 is 27.7 Å². The molecular weight excluding hydrogens is 856 g/mol. The highest BCUT2D eigenvalue weighted by molar-refractivity contribution is 9.10. The molecule has 1 saturated heterocycles. The van der Waals surface area contributed by atoms with Crippen LogP contribution in [0.15, 0.2) is 62.0 Å². The fraction of sp³-hybridized carbons (Fsp3) is 0.357. The van der Waals surface area contributed by atoms with Crippen LogP contribution in [0.25, 0.3) is 33.5 Å². The first-order valence-electron chi connectivity index (χ1n) is 19.9. The van der Waals surface area contributed by atoms with Crippen LogP contribution in [0.3, 0.4) is 0 Å². The number of anilines is 1. The van der Waals surface area contributed by atoms with Crippen LogP contribution in [0.1, 0.15) is 61.8 Å². The van der Waals surface area contributed by atoms with Gasteiger partial charge in [-0.1, -0.05) is 25.6 Å². The molecule has 1 amide bonds. The number of likely N-dealkylation sites (tertiary alicyclic amines) is 1. The minimum Gasteiger partial charge on any atom is -0.458 e. The number of pyridine rings is 2. The van der Waals surface area contributed by atoms with Gasteiger partial charge in [-0.3, -0.25) is 4.79 Å². The van der Waals surface area contributed by atoms with Gasteiger partial charge in [0, 0.05) is 45.5 Å². The molecule has 0 spiro atoms. The SMILES string of the molecule is CCc1c2c(nc3ccc(OC(=O)N4CCC(CCn5c(Sc6cc7c(cc6Br)OCO7)nc6c(N)ncnc65)CC4)cc13)-c1cc3c(c(=O)n1C2)COC(=O)[C@]3(O)CC. The summed E-state index contributed by atoms with van der Waals surface area (Å²) in [6.07, 6.45) is 4.21. The lowest BCUT2D eigenvalue weighted by molar-refractivity contribution is -0.172. The standard InChI is InChI=1S/C42H39BrN8O8S/c1-3-23-24-13-22(5-6-29(24)47-34-25(23)17-51-30(34)14-27-26(38(51)52)18-56-39(53)42(27,55)4-2)59-41(54)49-10-7-21(8-11-49)9-12-50-37-35(36(44)45-19-46-37)48-40(50)60-33-16-32-31(15-28(33)43)57-20-58-32/h5-6,13-16,19,21,55H,3-4,7-12,17-18,20H2,1-2H3,(H2,44,45,46)/t42-/m0/s1. The summed E-state index contributed by atoms with van der Waals surface area (Å²) in [6.45, 7) is 5.76. The van der Waals surface area contributed by atoms with Crippen LogP contribution in [0, 0.1) is 5.92 Å². The first-order chi connectivity index (χ1) is 29.0. The molecular formula is C42H39BrN8O8S. The second-order valence-electron chi connectivity index (χ2n) is 15.4. The minimum atomic E-state index is -1.90. The molecule has 10 rings (SSSR count). The summed E-state index contributed by atoms with van der Waals surface area (Å²) in [4.78, 5) is 61.0. The number of hydrogen-bond donors (Lipinski definition) is 2. The van der Waals surface area contributed by atoms with Crippen molar-refractivity contribution in [1.82, 2.24) is 34.0 Å². The Balaban J connectivity index is 0.828. The maximum Gasteiger partial charge on any atom is 0.415 e. The zero-order chi connectivity index (χ0) is 41.4. The van der Waals surface area contributed by atoms with Crippen molar-refractivity contribution in [1.29, 1.82) is 0 Å². The fourth-order valence-electron chi connectivity index (χ4n) is 8.78. The van der Waals surface area contributed by atoms with Gasteiger partial charge in [-0.15, -0.1) is 0 Å². The topological polar surface area (TPSA) is 199 Å². The molecule has 0 radical (unpaired) electrons. The molecule has 4 aromatic heterocycles. The van der Waals surface area contributed by atoms with Crippen molar-refractivity contribution < 1.29 is 33.6 Å². The number of nitrogen functional groups attached to an aromatic ring is 1. The van der Waals surface area contributed by atoms with Gasteiger partial charge >= 0.3 is 12.1 Å². The molecule has 8 heterocycles. The van der Waals surface area contributed by atoms with E-state index in [4.69, 9.17) is 34.6 Å². The van der Waals surface area contributed by atoms with Gasteiger partial charge in [-0.2, -0.15) is 0 Å². The van der Waals surface area contributed by atoms with E-state index in [-0.39, 0.29) is 43.1 Å². The van der Waals surface area contributed by atoms with E-state index >= 15 is 0 Å². The van der Waals surface area contributed by atoms with Crippen LogP contribution in [0.5, 0.6) is 17.2 Å². The lowest BCUT2D eigenvalue weighted by Crippen LogP contribution is -2.44. The van der Waals surface area contributed by atoms with Gasteiger partial charge in [0.15, 0.2) is 39.2 Å². The zero-order valence-electron chi connectivity index (χ0n) is 32.7. The second-order valence-corrected chi connectivity index (χ2v) is 17.2. The number of aryl methyl sites for hydroxylation is 2. The van der Waals surface area contributed by atoms with Gasteiger partial charge in [-0.05, 0) is 95.9 Å². The van der Waals surface area contributed by atoms with Crippen molar-refractivity contribution in [2.45, 2.75) is 81.3 Å². The van der Waals surface area contributed by atoms with Gasteiger partial charge in [0.05, 0.1) is 29.0 Å². The predicted octanol–water partition coefficient (Wildman–Crippen LogP) is 6.31. The first-order valence-corrected chi connectivity index (χ1v) is 21.5. The lowest BCUT2D eigenvalue weighted by atomic mass is 9.86. The lowest BCUT2D eigenvalue weighted by Gasteiger charge is -2.31. The van der Waals surface area contributed by atoms with Gasteiger partial charge in [-0.25, -0.2) is 29.5 Å². The van der Waals surface area contributed by atoms with E-state index < -0.39 is 17.7 Å². The largest absolute Gasteiger partial charge is 0.458 e. The number of imidazole rings is 1. The van der Waals surface area contributed by atoms with Crippen LogP contribution in [0.2, 0.25) is 0 Å². The van der Waals surface area contributed by atoms with Gasteiger partial charge in [0.25, 0.3) is 5.56 Å². The Bertz CT molecular complexity index is 2860. The van der Waals surface area contributed by atoms with Crippen molar-refractivity contribution >= 4 is 67.6 Å². The summed E-state index contributed by atoms with van der Waals surface area (Å²) in [7, 11) is 0. The molecule has 308 valence electrons. The Labute approximate surface area is 355 Å². The van der Waals surface area contributed by atoms with Crippen LogP contribution in [-0.2, 0) is 41.2 Å². The third-order valence-corrected chi connectivity index (χ3v) is 14.1. The number of nitrogens with two attached hydrogens (primary N) is 1. The molecule has 0 bridgehead atoms. The van der Waals surface area contributed by atoms with Gasteiger partial charge in [0.2, 0.25) is 6.79 Å². The third kappa shape index (κ3) is 6.25. The molecule has 1 fully saturated rings. The Morgan fingerprint density at radius 1 is 1.05 bits per heavy atom. The van der Waals surface area contributed by atoms with E-state index in [1.165, 1.54) is 18.1 Å². The van der Waals surface area contributed by atoms with Crippen molar-refractivity contribution in [3.05, 3.63) is 79.8 Å². The van der Waals surface area contributed by atoms with E-state index in [9.17, 15) is 19.5 Å². The number of amides is 1. The van der Waals surface area contributed by atoms with E-state index in [0.717, 1.165) is 50.3 Å². The number of fused-ring (bicyclic) bond motifs is 7. The fourth-order valence-corrected chi connectivity index (χ4v) is 10.3. The highest BCUT2D eigenvalue weighted by atomic mass is 79.9. The van der Waals surface area contributed by atoms with E-state index in [1.807, 2.05) is 31.2 Å². The summed E-state index contributed by atoms with van der Waals surface area (Å²) >= 11 is 5.14. The molecule has 2 aromatic carbocycles. The Morgan fingerprint density at radius 3 is 2.63 bits per heavy atom. The first kappa shape index (κ1) is 38.5. The van der Waals surface area contributed by atoms with Crippen LogP contribution in [0.4, 0.5) is 10.6 Å². The van der Waals surface area contributed by atoms with Crippen molar-refractivity contribution in [3.8, 4) is 28.6 Å². The molecule has 0 aliphatic carbocycles. The number of carbonyl (C=O) groups excluding carboxylic acids is 2. The predicted molar refractivity (Wildman–Crippen MR) is 223 cm³/mol. The molecule has 60 heavy (non-hydrogen) atoms. The number of cyclic esters (lactones) is 1. The van der Waals surface area contributed by atoms with E-state index in [1.54, 1.807) is 28.5 Å². The molecule has 6 aromatic rings. The summed E-state index contributed by atoms with van der Waals surface area (Å²) in [5.74, 6) is 1.68. The van der Waals surface area contributed by atoms with Crippen molar-refractivity contribution in [2.75, 3.05) is 25.6 Å². The smallest absolute Gasteiger partial charge is 0.415 e. The third-order valence-electron chi connectivity index (χ3n) is 12.1. The van der Waals surface area contributed by atoms with Crippen LogP contribution in [-0.4, -0.2) is 71.0 Å². The van der Waals surface area contributed by atoms with E-state index in [0.29, 0.717) is 83.1 Å². The van der Waals surface area contributed by atoms with Gasteiger partial charge in [0.1, 0.15) is 18.7 Å². The number of piperidine rings is 1. The quantitative estimate of drug-likeness (QED) is 0.161. The molecule has 18 heteroatoms. The summed E-state index contributed by atoms with van der Waals surface area (Å²) in [5, 5.41) is 12.8. The maximum atomic E-state index is 13.7. The maximum absolute atomic E-state index is 13.7. The molecule has 4 aliphatic heterocycles. The molecule has 3 N–H and O–H groups in total. The number of ether oxygens (including phenoxy) is 4. The average Bonchev–Trinajstić information content (AvgIpc) is 3.97. The Hall–Kier alpha value is -5.72. The monoisotopic (exact) mass is 894 g/mol. The number of halogens is 1. The Kier molecular flexibility index (Phi) is 9.48. The van der Waals surface area contributed by atoms with Gasteiger partial charge < -0.3 is 43.8 Å². The van der Waals surface area contributed by atoms with E-state index in [2.05, 4.69) is 30.5 Å². The summed E-state index contributed by atoms with van der Waals surface area (Å²) < 4.78 is 26.9. The van der Waals surface area contributed by atoms with Crippen molar-refractivity contribution in [2.24, 2.45) is 5.92 Å². The molecule has 16 nitrogen and oxygen atoms in total. The number of benzene rings is 2. The highest BCUT2D eigenvalue weighted by Crippen LogP contribution is 2.44. The number of rotatable bonds is 8. The summed E-state index contributed by atoms with van der Waals surface area (Å²) in [5.41, 5.74) is 9.52. The number of nitrogens with zero attached hydrogens (tertiary/aromatic N) is 7. The number of esters is 1. The van der Waals surface area contributed by atoms with Crippen molar-refractivity contribution in [3.63, 3.8) is 0 Å². The molecule has 0 unspecified atom stereocenters.